The van der Waals surface area contributed by atoms with Crippen molar-refractivity contribution >= 4 is 11.8 Å². The summed E-state index contributed by atoms with van der Waals surface area (Å²) in [7, 11) is 0. The summed E-state index contributed by atoms with van der Waals surface area (Å²) in [6.45, 7) is 0.841. The zero-order chi connectivity index (χ0) is 20.2. The van der Waals surface area contributed by atoms with Gasteiger partial charge in [-0.05, 0) is 61.4 Å². The molecule has 2 aromatic rings. The Morgan fingerprint density at radius 3 is 2.79 bits per heavy atom. The molecule has 1 aliphatic heterocycles. The number of amides is 1. The Kier molecular flexibility index (Phi) is 5.73. The first-order valence-corrected chi connectivity index (χ1v) is 10.2. The van der Waals surface area contributed by atoms with Gasteiger partial charge < -0.3 is 14.9 Å². The maximum absolute atomic E-state index is 12.1. The molecule has 5 heteroatoms. The fourth-order valence-electron chi connectivity index (χ4n) is 4.30. The Morgan fingerprint density at radius 2 is 2.03 bits per heavy atom. The molecule has 1 unspecified atom stereocenters. The van der Waals surface area contributed by atoms with Gasteiger partial charge in [-0.15, -0.1) is 0 Å². The highest BCUT2D eigenvalue weighted by Gasteiger charge is 2.34. The number of ether oxygens (including phenoxy) is 1. The summed E-state index contributed by atoms with van der Waals surface area (Å²) in [4.78, 5) is 13.5. The zero-order valence-electron chi connectivity index (χ0n) is 16.4. The number of carboxylic acid groups (broad SMARTS) is 1. The first-order valence-electron chi connectivity index (χ1n) is 10.2. The van der Waals surface area contributed by atoms with Crippen molar-refractivity contribution in [2.75, 3.05) is 18.1 Å². The highest BCUT2D eigenvalue weighted by atomic mass is 16.5. The molecule has 5 nitrogen and oxygen atoms in total. The van der Waals surface area contributed by atoms with Crippen molar-refractivity contribution in [1.82, 2.24) is 0 Å². The molecule has 29 heavy (non-hydrogen) atoms. The predicted octanol–water partition coefficient (Wildman–Crippen LogP) is 3.79. The third-order valence-corrected chi connectivity index (χ3v) is 5.60. The Bertz CT molecular complexity index is 958. The highest BCUT2D eigenvalue weighted by molar-refractivity contribution is 5.87. The molecule has 4 rings (SSSR count). The smallest absolute Gasteiger partial charge is 0.412 e. The number of nitrogens with zero attached hydrogens (tertiary/aromatic N) is 1. The lowest BCUT2D eigenvalue weighted by atomic mass is 9.93. The van der Waals surface area contributed by atoms with Gasteiger partial charge in [0.15, 0.2) is 0 Å². The van der Waals surface area contributed by atoms with Crippen LogP contribution in [0.3, 0.4) is 0 Å². The number of hydrogen-bond acceptors (Lipinski definition) is 3. The molecule has 0 saturated heterocycles. The molecule has 1 atom stereocenters. The second-order valence-corrected chi connectivity index (χ2v) is 7.50. The van der Waals surface area contributed by atoms with E-state index in [1.54, 1.807) is 0 Å². The van der Waals surface area contributed by atoms with E-state index in [0.717, 1.165) is 40.8 Å². The van der Waals surface area contributed by atoms with E-state index in [4.69, 9.17) is 9.84 Å². The minimum Gasteiger partial charge on any atom is -0.493 e. The molecule has 0 aromatic heterocycles. The van der Waals surface area contributed by atoms with Crippen LogP contribution in [0.2, 0.25) is 0 Å². The third kappa shape index (κ3) is 3.94. The van der Waals surface area contributed by atoms with Gasteiger partial charge in [-0.1, -0.05) is 30.0 Å². The van der Waals surface area contributed by atoms with E-state index >= 15 is 0 Å². The molecule has 0 radical (unpaired) electrons. The van der Waals surface area contributed by atoms with E-state index in [2.05, 4.69) is 17.9 Å². The summed E-state index contributed by atoms with van der Waals surface area (Å²) < 4.78 is 5.91. The van der Waals surface area contributed by atoms with Crippen LogP contribution in [-0.2, 0) is 19.3 Å². The van der Waals surface area contributed by atoms with Crippen molar-refractivity contribution in [3.8, 4) is 17.6 Å². The Balaban J connectivity index is 1.71. The summed E-state index contributed by atoms with van der Waals surface area (Å²) >= 11 is 0. The van der Waals surface area contributed by atoms with E-state index in [-0.39, 0.29) is 12.6 Å². The average molecular weight is 391 g/mol. The molecule has 0 bridgehead atoms. The van der Waals surface area contributed by atoms with Crippen LogP contribution in [0.1, 0.15) is 41.5 Å². The summed E-state index contributed by atoms with van der Waals surface area (Å²) in [5.74, 6) is 7.41. The average Bonchev–Trinajstić information content (AvgIpc) is 3.14. The van der Waals surface area contributed by atoms with Crippen LogP contribution in [0.15, 0.2) is 36.4 Å². The van der Waals surface area contributed by atoms with Crippen molar-refractivity contribution in [1.29, 1.82) is 0 Å². The number of benzene rings is 2. The normalized spacial score (nSPS) is 16.8. The standard InChI is InChI=1S/C24H25NO4/c26-12-6-2-5-10-20-21-11-7-13-29-23(21)15-17-14-19(16-22(17)20)25(24(27)28)18-8-3-1-4-9-18/h1,3-4,8-9,15,19,26H,2,6-7,11-14,16H2,(H,27,28). The Hall–Kier alpha value is -2.97. The number of rotatable bonds is 4. The van der Waals surface area contributed by atoms with Crippen molar-refractivity contribution in [3.05, 3.63) is 58.7 Å². The van der Waals surface area contributed by atoms with Gasteiger partial charge in [0.05, 0.1) is 6.61 Å². The van der Waals surface area contributed by atoms with Crippen molar-refractivity contribution in [3.63, 3.8) is 0 Å². The van der Waals surface area contributed by atoms with E-state index in [9.17, 15) is 9.90 Å². The van der Waals surface area contributed by atoms with Crippen LogP contribution >= 0.6 is 0 Å². The lowest BCUT2D eigenvalue weighted by molar-refractivity contribution is 0.199. The molecule has 0 spiro atoms. The molecule has 1 heterocycles. The second-order valence-electron chi connectivity index (χ2n) is 7.50. The topological polar surface area (TPSA) is 70.0 Å². The van der Waals surface area contributed by atoms with E-state index in [1.807, 2.05) is 30.3 Å². The minimum absolute atomic E-state index is 0.134. The first kappa shape index (κ1) is 19.4. The van der Waals surface area contributed by atoms with Gasteiger partial charge in [-0.3, -0.25) is 4.90 Å². The van der Waals surface area contributed by atoms with Crippen molar-refractivity contribution in [2.24, 2.45) is 0 Å². The van der Waals surface area contributed by atoms with Crippen LogP contribution < -0.4 is 9.64 Å². The molecule has 2 N–H and O–H groups in total. The van der Waals surface area contributed by atoms with Gasteiger partial charge in [-0.2, -0.15) is 0 Å². The molecule has 2 aliphatic rings. The fourth-order valence-corrected chi connectivity index (χ4v) is 4.30. The Morgan fingerprint density at radius 1 is 1.21 bits per heavy atom. The number of unbranched alkanes of at least 4 members (excludes halogenated alkanes) is 1. The fraction of sp³-hybridized carbons (Fsp3) is 0.375. The van der Waals surface area contributed by atoms with Crippen LogP contribution in [0, 0.1) is 11.8 Å². The van der Waals surface area contributed by atoms with Gasteiger partial charge in [0.25, 0.3) is 0 Å². The van der Waals surface area contributed by atoms with E-state index in [0.29, 0.717) is 38.0 Å². The van der Waals surface area contributed by atoms with Gasteiger partial charge >= 0.3 is 6.09 Å². The maximum atomic E-state index is 12.1. The molecular weight excluding hydrogens is 366 g/mol. The lowest BCUT2D eigenvalue weighted by Crippen LogP contribution is -2.40. The third-order valence-electron chi connectivity index (χ3n) is 5.60. The van der Waals surface area contributed by atoms with Crippen molar-refractivity contribution < 1.29 is 19.7 Å². The van der Waals surface area contributed by atoms with Crippen LogP contribution in [-0.4, -0.2) is 35.6 Å². The Labute approximate surface area is 170 Å². The van der Waals surface area contributed by atoms with E-state index in [1.165, 1.54) is 4.90 Å². The van der Waals surface area contributed by atoms with Crippen LogP contribution in [0.25, 0.3) is 0 Å². The monoisotopic (exact) mass is 391 g/mol. The van der Waals surface area contributed by atoms with Crippen LogP contribution in [0.4, 0.5) is 10.5 Å². The first-order chi connectivity index (χ1) is 14.2. The number of anilines is 1. The minimum atomic E-state index is -0.939. The lowest BCUT2D eigenvalue weighted by Gasteiger charge is -2.26. The molecule has 0 fully saturated rings. The predicted molar refractivity (Wildman–Crippen MR) is 112 cm³/mol. The summed E-state index contributed by atoms with van der Waals surface area (Å²) in [6, 6.07) is 11.2. The number of aliphatic hydroxyl groups is 1. The zero-order valence-corrected chi connectivity index (χ0v) is 16.4. The molecule has 0 saturated carbocycles. The molecule has 2 aromatic carbocycles. The second kappa shape index (κ2) is 8.59. The van der Waals surface area contributed by atoms with Gasteiger partial charge in [-0.25, -0.2) is 4.79 Å². The largest absolute Gasteiger partial charge is 0.493 e. The van der Waals surface area contributed by atoms with Gasteiger partial charge in [0, 0.05) is 35.9 Å². The van der Waals surface area contributed by atoms with E-state index < -0.39 is 6.09 Å². The summed E-state index contributed by atoms with van der Waals surface area (Å²) in [5.41, 5.74) is 5.13. The van der Waals surface area contributed by atoms with Crippen LogP contribution in [0.5, 0.6) is 5.75 Å². The molecule has 1 amide bonds. The number of aliphatic hydroxyl groups excluding tert-OH is 1. The number of para-hydroxylation sites is 1. The highest BCUT2D eigenvalue weighted by Crippen LogP contribution is 2.38. The number of hydrogen-bond donors (Lipinski definition) is 2. The molecular formula is C24H25NO4. The number of fused-ring (bicyclic) bond motifs is 2. The van der Waals surface area contributed by atoms with Crippen molar-refractivity contribution in [2.45, 2.75) is 44.6 Å². The molecule has 150 valence electrons. The van der Waals surface area contributed by atoms with Gasteiger partial charge in [0.2, 0.25) is 0 Å². The summed E-state index contributed by atoms with van der Waals surface area (Å²) in [5, 5.41) is 18.9. The molecule has 1 aliphatic carbocycles. The number of carbonyl (C=O) groups is 1. The quantitative estimate of drug-likeness (QED) is 0.615. The van der Waals surface area contributed by atoms with Gasteiger partial charge in [0.1, 0.15) is 5.75 Å². The SMILES string of the molecule is O=C(O)N(c1ccccc1)C1Cc2cc3c(c(C#CCCCO)c2C1)CCCO3. The summed E-state index contributed by atoms with van der Waals surface area (Å²) in [6.07, 6.45) is 3.55. The maximum Gasteiger partial charge on any atom is 0.412 e.